The molecule has 1 atom stereocenters. The van der Waals surface area contributed by atoms with E-state index in [1.54, 1.807) is 60.7 Å². The molecule has 2 N–H and O–H groups in total. The number of allylic oxidation sites excluding steroid dienone is 1. The van der Waals surface area contributed by atoms with Crippen molar-refractivity contribution in [3.05, 3.63) is 113 Å². The van der Waals surface area contributed by atoms with Gasteiger partial charge in [0.1, 0.15) is 29.7 Å². The summed E-state index contributed by atoms with van der Waals surface area (Å²) in [5.74, 6) is 0.514. The second-order valence-corrected chi connectivity index (χ2v) is 8.32. The molecule has 0 radical (unpaired) electrons. The number of nitriles is 1. The molecular formula is C29H23ClN2O5. The standard InChI is InChI=1S/C29H23ClN2O5/c1-3-14-35-24-12-8-19(15-26(24)34-2)28-21-11-10-20(16-25(21)37-29(32)22(28)17-31)36-27(33)13-9-18-6-4-5-7-23(18)30/h3-13,15-16,28H,1,14,32H2,2H3/b13-9+. The highest BCUT2D eigenvalue weighted by Crippen LogP contribution is 2.45. The van der Waals surface area contributed by atoms with Crippen LogP contribution in [0.1, 0.15) is 22.6 Å². The van der Waals surface area contributed by atoms with E-state index in [-0.39, 0.29) is 17.2 Å². The predicted octanol–water partition coefficient (Wildman–Crippen LogP) is 5.75. The summed E-state index contributed by atoms with van der Waals surface area (Å²) >= 11 is 6.12. The molecule has 7 nitrogen and oxygen atoms in total. The number of carbonyl (C=O) groups excluding carboxylic acids is 1. The molecule has 37 heavy (non-hydrogen) atoms. The van der Waals surface area contributed by atoms with Gasteiger partial charge < -0.3 is 24.7 Å². The minimum absolute atomic E-state index is 0.0342. The van der Waals surface area contributed by atoms with Crippen LogP contribution < -0.4 is 24.7 Å². The normalized spacial score (nSPS) is 14.4. The van der Waals surface area contributed by atoms with E-state index < -0.39 is 11.9 Å². The molecule has 0 saturated heterocycles. The number of esters is 1. The number of hydrogen-bond donors (Lipinski definition) is 1. The number of methoxy groups -OCH3 is 1. The maximum absolute atomic E-state index is 12.4. The molecule has 0 amide bonds. The van der Waals surface area contributed by atoms with Gasteiger partial charge in [0.15, 0.2) is 11.5 Å². The van der Waals surface area contributed by atoms with Gasteiger partial charge in [-0.05, 0) is 41.5 Å². The number of nitrogens with zero attached hydrogens (tertiary/aromatic N) is 1. The van der Waals surface area contributed by atoms with E-state index in [1.807, 2.05) is 12.1 Å². The summed E-state index contributed by atoms with van der Waals surface area (Å²) in [7, 11) is 1.54. The maximum atomic E-state index is 12.4. The molecular weight excluding hydrogens is 492 g/mol. The van der Waals surface area contributed by atoms with Crippen molar-refractivity contribution in [3.8, 4) is 29.1 Å². The minimum Gasteiger partial charge on any atom is -0.493 e. The Bertz CT molecular complexity index is 1450. The first-order valence-electron chi connectivity index (χ1n) is 11.2. The van der Waals surface area contributed by atoms with Crippen molar-refractivity contribution >= 4 is 23.6 Å². The number of hydrogen-bond acceptors (Lipinski definition) is 7. The number of ether oxygens (including phenoxy) is 4. The molecule has 1 unspecified atom stereocenters. The van der Waals surface area contributed by atoms with Crippen LogP contribution in [-0.4, -0.2) is 19.7 Å². The molecule has 0 bridgehead atoms. The first-order chi connectivity index (χ1) is 17.9. The van der Waals surface area contributed by atoms with Crippen LogP contribution in [0.25, 0.3) is 6.08 Å². The van der Waals surface area contributed by atoms with Gasteiger partial charge in [0, 0.05) is 22.7 Å². The molecule has 4 rings (SSSR count). The summed E-state index contributed by atoms with van der Waals surface area (Å²) in [6.45, 7) is 3.97. The second-order valence-electron chi connectivity index (χ2n) is 7.91. The van der Waals surface area contributed by atoms with Gasteiger partial charge in [0.2, 0.25) is 5.88 Å². The van der Waals surface area contributed by atoms with Crippen molar-refractivity contribution in [2.24, 2.45) is 5.73 Å². The van der Waals surface area contributed by atoms with Crippen molar-refractivity contribution in [1.82, 2.24) is 0 Å². The number of rotatable bonds is 8. The summed E-state index contributed by atoms with van der Waals surface area (Å²) in [5, 5.41) is 10.4. The monoisotopic (exact) mass is 514 g/mol. The van der Waals surface area contributed by atoms with E-state index in [4.69, 9.17) is 36.3 Å². The van der Waals surface area contributed by atoms with Gasteiger partial charge >= 0.3 is 5.97 Å². The van der Waals surface area contributed by atoms with Crippen molar-refractivity contribution in [2.75, 3.05) is 13.7 Å². The molecule has 186 valence electrons. The number of nitrogens with two attached hydrogens (primary N) is 1. The van der Waals surface area contributed by atoms with Crippen LogP contribution >= 0.6 is 11.6 Å². The Labute approximate surface area is 219 Å². The van der Waals surface area contributed by atoms with Crippen molar-refractivity contribution in [3.63, 3.8) is 0 Å². The van der Waals surface area contributed by atoms with E-state index in [2.05, 4.69) is 12.6 Å². The molecule has 1 heterocycles. The van der Waals surface area contributed by atoms with E-state index in [0.717, 1.165) is 5.56 Å². The minimum atomic E-state index is -0.590. The number of fused-ring (bicyclic) bond motifs is 1. The van der Waals surface area contributed by atoms with Crippen molar-refractivity contribution < 1.29 is 23.7 Å². The lowest BCUT2D eigenvalue weighted by Gasteiger charge is -2.27. The van der Waals surface area contributed by atoms with Crippen molar-refractivity contribution in [1.29, 1.82) is 5.26 Å². The van der Waals surface area contributed by atoms with Crippen LogP contribution in [-0.2, 0) is 4.79 Å². The molecule has 1 aliphatic rings. The molecule has 3 aromatic carbocycles. The fourth-order valence-electron chi connectivity index (χ4n) is 3.89. The highest BCUT2D eigenvalue weighted by molar-refractivity contribution is 6.32. The summed E-state index contributed by atoms with van der Waals surface area (Å²) < 4.78 is 22.3. The Hall–Kier alpha value is -4.67. The van der Waals surface area contributed by atoms with E-state index in [9.17, 15) is 10.1 Å². The van der Waals surface area contributed by atoms with E-state index >= 15 is 0 Å². The SMILES string of the molecule is C=CCOc1ccc(C2C(C#N)=C(N)Oc3cc(OC(=O)/C=C/c4ccccc4Cl)ccc32)cc1OC. The lowest BCUT2D eigenvalue weighted by Crippen LogP contribution is -2.21. The zero-order valence-electron chi connectivity index (χ0n) is 19.9. The van der Waals surface area contributed by atoms with Gasteiger partial charge in [-0.1, -0.05) is 54.6 Å². The largest absolute Gasteiger partial charge is 0.493 e. The van der Waals surface area contributed by atoms with E-state index in [1.165, 1.54) is 13.2 Å². The average molecular weight is 515 g/mol. The summed E-state index contributed by atoms with van der Waals surface area (Å²) in [6.07, 6.45) is 4.50. The molecule has 3 aromatic rings. The molecule has 0 aliphatic carbocycles. The Morgan fingerprint density at radius 2 is 2.00 bits per heavy atom. The van der Waals surface area contributed by atoms with Crippen LogP contribution in [0.5, 0.6) is 23.0 Å². The van der Waals surface area contributed by atoms with Gasteiger partial charge in [0.25, 0.3) is 0 Å². The predicted molar refractivity (Wildman–Crippen MR) is 141 cm³/mol. The Kier molecular flexibility index (Phi) is 7.82. The molecule has 1 aliphatic heterocycles. The fourth-order valence-corrected chi connectivity index (χ4v) is 4.09. The zero-order chi connectivity index (χ0) is 26.4. The third kappa shape index (κ3) is 5.61. The summed E-state index contributed by atoms with van der Waals surface area (Å²) in [6, 6.07) is 19.6. The van der Waals surface area contributed by atoms with Gasteiger partial charge in [-0.15, -0.1) is 0 Å². The lowest BCUT2D eigenvalue weighted by molar-refractivity contribution is -0.128. The highest BCUT2D eigenvalue weighted by atomic mass is 35.5. The van der Waals surface area contributed by atoms with Gasteiger partial charge in [-0.2, -0.15) is 5.26 Å². The fraction of sp³-hybridized carbons (Fsp3) is 0.103. The number of carbonyl (C=O) groups is 1. The Morgan fingerprint density at radius 3 is 2.73 bits per heavy atom. The van der Waals surface area contributed by atoms with Crippen LogP contribution in [0.3, 0.4) is 0 Å². The quantitative estimate of drug-likeness (QED) is 0.176. The molecule has 0 fully saturated rings. The third-order valence-electron chi connectivity index (χ3n) is 5.59. The van der Waals surface area contributed by atoms with Crippen molar-refractivity contribution in [2.45, 2.75) is 5.92 Å². The first-order valence-corrected chi connectivity index (χ1v) is 11.6. The molecule has 8 heteroatoms. The summed E-state index contributed by atoms with van der Waals surface area (Å²) in [4.78, 5) is 12.4. The van der Waals surface area contributed by atoms with Crippen LogP contribution in [0.15, 0.2) is 90.9 Å². The van der Waals surface area contributed by atoms with Gasteiger partial charge in [-0.25, -0.2) is 4.79 Å². The van der Waals surface area contributed by atoms with Gasteiger partial charge in [0.05, 0.1) is 13.0 Å². The van der Waals surface area contributed by atoms with Crippen LogP contribution in [0.4, 0.5) is 0 Å². The molecule has 0 spiro atoms. The third-order valence-corrected chi connectivity index (χ3v) is 5.94. The van der Waals surface area contributed by atoms with Crippen LogP contribution in [0.2, 0.25) is 5.02 Å². The second kappa shape index (κ2) is 11.4. The topological polar surface area (TPSA) is 104 Å². The van der Waals surface area contributed by atoms with Gasteiger partial charge in [-0.3, -0.25) is 0 Å². The smallest absolute Gasteiger partial charge is 0.336 e. The highest BCUT2D eigenvalue weighted by Gasteiger charge is 2.31. The maximum Gasteiger partial charge on any atom is 0.336 e. The lowest BCUT2D eigenvalue weighted by atomic mass is 9.83. The first kappa shape index (κ1) is 25.4. The molecule has 0 saturated carbocycles. The number of benzene rings is 3. The zero-order valence-corrected chi connectivity index (χ0v) is 20.7. The van der Waals surface area contributed by atoms with E-state index in [0.29, 0.717) is 40.0 Å². The average Bonchev–Trinajstić information content (AvgIpc) is 2.90. The Balaban J connectivity index is 1.63. The number of halogens is 1. The molecule has 0 aromatic heterocycles. The Morgan fingerprint density at radius 1 is 1.19 bits per heavy atom. The van der Waals surface area contributed by atoms with Crippen LogP contribution in [0, 0.1) is 11.3 Å². The summed E-state index contributed by atoms with van der Waals surface area (Å²) in [5.41, 5.74) is 8.48.